The molecule has 2 aromatic rings. The first-order valence-electron chi connectivity index (χ1n) is 4.19. The van der Waals surface area contributed by atoms with Gasteiger partial charge in [0, 0.05) is 15.6 Å². The van der Waals surface area contributed by atoms with E-state index in [1.165, 1.54) is 0 Å². The molecule has 69 valence electrons. The average Bonchev–Trinajstić information content (AvgIpc) is 2.23. The Morgan fingerprint density at radius 3 is 2.57 bits per heavy atom. The highest BCUT2D eigenvalue weighted by atomic mass is 35.5. The summed E-state index contributed by atoms with van der Waals surface area (Å²) in [5, 5.41) is 1.37. The Balaban J connectivity index is 2.57. The largest absolute Gasteiger partial charge is 0.0843 e. The Morgan fingerprint density at radius 1 is 1.00 bits per heavy atom. The molecule has 1 radical (unpaired) electrons. The van der Waals surface area contributed by atoms with Crippen LogP contribution >= 0.6 is 23.2 Å². The van der Waals surface area contributed by atoms with Crippen LogP contribution in [-0.4, -0.2) is 0 Å². The zero-order valence-electron chi connectivity index (χ0n) is 7.30. The van der Waals surface area contributed by atoms with Crippen LogP contribution in [0.5, 0.6) is 0 Å². The van der Waals surface area contributed by atoms with Gasteiger partial charge in [-0.15, -0.1) is 0 Å². The summed E-state index contributed by atoms with van der Waals surface area (Å²) in [6.45, 7) is 0. The van der Waals surface area contributed by atoms with E-state index in [2.05, 4.69) is 6.07 Å². The van der Waals surface area contributed by atoms with Crippen LogP contribution in [0.1, 0.15) is 0 Å². The fourth-order valence-corrected chi connectivity index (χ4v) is 1.66. The van der Waals surface area contributed by atoms with Gasteiger partial charge in [0.15, 0.2) is 0 Å². The molecule has 0 N–H and O–H groups in total. The molecule has 0 fully saturated rings. The second-order valence-corrected chi connectivity index (χ2v) is 3.74. The molecule has 0 nitrogen and oxygen atoms in total. The van der Waals surface area contributed by atoms with E-state index in [0.29, 0.717) is 10.0 Å². The van der Waals surface area contributed by atoms with Crippen LogP contribution in [0.15, 0.2) is 42.5 Å². The fourth-order valence-electron chi connectivity index (χ4n) is 1.26. The van der Waals surface area contributed by atoms with Gasteiger partial charge in [-0.25, -0.2) is 0 Å². The maximum Gasteiger partial charge on any atom is 0.0485 e. The summed E-state index contributed by atoms with van der Waals surface area (Å²) in [6.07, 6.45) is 0. The van der Waals surface area contributed by atoms with Crippen molar-refractivity contribution in [2.24, 2.45) is 0 Å². The molecule has 0 spiro atoms. The van der Waals surface area contributed by atoms with E-state index in [0.717, 1.165) is 11.1 Å². The molecule has 0 bridgehead atoms. The number of halogens is 2. The van der Waals surface area contributed by atoms with Crippen molar-refractivity contribution in [1.29, 1.82) is 0 Å². The summed E-state index contributed by atoms with van der Waals surface area (Å²) in [4.78, 5) is 0. The zero-order chi connectivity index (χ0) is 9.97. The van der Waals surface area contributed by atoms with Crippen molar-refractivity contribution >= 4 is 23.2 Å². The van der Waals surface area contributed by atoms with Crippen LogP contribution in [0.25, 0.3) is 11.1 Å². The Bertz CT molecular complexity index is 435. The first-order chi connectivity index (χ1) is 6.77. The van der Waals surface area contributed by atoms with E-state index >= 15 is 0 Å². The molecule has 0 aliphatic heterocycles. The van der Waals surface area contributed by atoms with Gasteiger partial charge in [-0.1, -0.05) is 47.5 Å². The third kappa shape index (κ3) is 1.92. The molecule has 0 amide bonds. The van der Waals surface area contributed by atoms with Crippen LogP contribution in [0.4, 0.5) is 0 Å². The summed E-state index contributed by atoms with van der Waals surface area (Å²) in [7, 11) is 0. The van der Waals surface area contributed by atoms with Gasteiger partial charge in [0.05, 0.1) is 0 Å². The summed E-state index contributed by atoms with van der Waals surface area (Å²) in [5.41, 5.74) is 1.87. The monoisotopic (exact) mass is 221 g/mol. The lowest BCUT2D eigenvalue weighted by molar-refractivity contribution is 1.61. The molecule has 0 aliphatic carbocycles. The van der Waals surface area contributed by atoms with E-state index in [4.69, 9.17) is 23.2 Å². The van der Waals surface area contributed by atoms with Crippen LogP contribution in [0.3, 0.4) is 0 Å². The summed E-state index contributed by atoms with van der Waals surface area (Å²) in [6, 6.07) is 16.2. The highest BCUT2D eigenvalue weighted by Crippen LogP contribution is 2.29. The summed E-state index contributed by atoms with van der Waals surface area (Å²) in [5.74, 6) is 0. The highest BCUT2D eigenvalue weighted by molar-refractivity contribution is 6.35. The average molecular weight is 222 g/mol. The maximum absolute atomic E-state index is 6.05. The van der Waals surface area contributed by atoms with E-state index in [1.807, 2.05) is 30.3 Å². The second-order valence-electron chi connectivity index (χ2n) is 2.90. The Labute approximate surface area is 93.1 Å². The third-order valence-electron chi connectivity index (χ3n) is 1.93. The Kier molecular flexibility index (Phi) is 2.76. The normalized spacial score (nSPS) is 10.1. The second kappa shape index (κ2) is 4.04. The predicted molar refractivity (Wildman–Crippen MR) is 60.7 cm³/mol. The van der Waals surface area contributed by atoms with E-state index in [-0.39, 0.29) is 0 Å². The highest BCUT2D eigenvalue weighted by Gasteiger charge is 2.03. The maximum atomic E-state index is 6.05. The van der Waals surface area contributed by atoms with E-state index in [1.54, 1.807) is 12.1 Å². The van der Waals surface area contributed by atoms with Crippen LogP contribution < -0.4 is 0 Å². The SMILES string of the molecule is Clc1ccc(Cl)c(-c2[c]cccc2)c1. The van der Waals surface area contributed by atoms with E-state index < -0.39 is 0 Å². The minimum Gasteiger partial charge on any atom is -0.0843 e. The molecule has 0 atom stereocenters. The topological polar surface area (TPSA) is 0 Å². The van der Waals surface area contributed by atoms with Gasteiger partial charge in [-0.05, 0) is 29.8 Å². The number of rotatable bonds is 1. The Morgan fingerprint density at radius 2 is 1.86 bits per heavy atom. The lowest BCUT2D eigenvalue weighted by Gasteiger charge is -2.03. The molecule has 0 aromatic heterocycles. The number of hydrogen-bond acceptors (Lipinski definition) is 0. The predicted octanol–water partition coefficient (Wildman–Crippen LogP) is 4.46. The Hall–Kier alpha value is -0.980. The summed E-state index contributed by atoms with van der Waals surface area (Å²) < 4.78 is 0. The van der Waals surface area contributed by atoms with Gasteiger partial charge in [-0.2, -0.15) is 0 Å². The molecule has 2 rings (SSSR count). The fraction of sp³-hybridized carbons (Fsp3) is 0. The van der Waals surface area contributed by atoms with Crippen molar-refractivity contribution < 1.29 is 0 Å². The molecular formula is C12H7Cl2. The van der Waals surface area contributed by atoms with Gasteiger partial charge in [0.2, 0.25) is 0 Å². The van der Waals surface area contributed by atoms with Crippen LogP contribution in [-0.2, 0) is 0 Å². The van der Waals surface area contributed by atoms with Gasteiger partial charge >= 0.3 is 0 Å². The van der Waals surface area contributed by atoms with Crippen molar-refractivity contribution in [3.8, 4) is 11.1 Å². The minimum absolute atomic E-state index is 0.682. The van der Waals surface area contributed by atoms with Crippen molar-refractivity contribution in [3.63, 3.8) is 0 Å². The standard InChI is InChI=1S/C12H7Cl2/c13-10-6-7-12(14)11(8-10)9-4-2-1-3-5-9/h1-4,6-8H. The van der Waals surface area contributed by atoms with Crippen molar-refractivity contribution in [2.75, 3.05) is 0 Å². The van der Waals surface area contributed by atoms with E-state index in [9.17, 15) is 0 Å². The lowest BCUT2D eigenvalue weighted by Crippen LogP contribution is -1.79. The number of benzene rings is 2. The quantitative estimate of drug-likeness (QED) is 0.668. The molecule has 2 aromatic carbocycles. The minimum atomic E-state index is 0.682. The van der Waals surface area contributed by atoms with Gasteiger partial charge in [0.1, 0.15) is 0 Å². The van der Waals surface area contributed by atoms with Gasteiger partial charge < -0.3 is 0 Å². The molecule has 14 heavy (non-hydrogen) atoms. The number of hydrogen-bond donors (Lipinski definition) is 0. The molecular weight excluding hydrogens is 215 g/mol. The first-order valence-corrected chi connectivity index (χ1v) is 4.95. The first kappa shape index (κ1) is 9.57. The zero-order valence-corrected chi connectivity index (χ0v) is 8.81. The molecule has 0 aliphatic rings. The molecule has 0 saturated carbocycles. The molecule has 2 heteroatoms. The van der Waals surface area contributed by atoms with Crippen LogP contribution in [0.2, 0.25) is 10.0 Å². The molecule has 0 heterocycles. The smallest absolute Gasteiger partial charge is 0.0485 e. The molecule has 0 saturated heterocycles. The molecule has 0 unspecified atom stereocenters. The van der Waals surface area contributed by atoms with Crippen molar-refractivity contribution in [2.45, 2.75) is 0 Å². The van der Waals surface area contributed by atoms with Crippen LogP contribution in [0, 0.1) is 6.07 Å². The summed E-state index contributed by atoms with van der Waals surface area (Å²) >= 11 is 11.9. The van der Waals surface area contributed by atoms with Crippen molar-refractivity contribution in [1.82, 2.24) is 0 Å². The van der Waals surface area contributed by atoms with Crippen molar-refractivity contribution in [3.05, 3.63) is 58.6 Å². The van der Waals surface area contributed by atoms with Gasteiger partial charge in [0.25, 0.3) is 0 Å². The van der Waals surface area contributed by atoms with Gasteiger partial charge in [-0.3, -0.25) is 0 Å². The lowest BCUT2D eigenvalue weighted by atomic mass is 10.1. The third-order valence-corrected chi connectivity index (χ3v) is 2.49.